The summed E-state index contributed by atoms with van der Waals surface area (Å²) in [6.45, 7) is 5.05. The van der Waals surface area contributed by atoms with E-state index in [1.165, 1.54) is 6.42 Å². The summed E-state index contributed by atoms with van der Waals surface area (Å²) in [5.74, 6) is 1.36. The molecule has 2 aromatic rings. The molecule has 0 saturated heterocycles. The van der Waals surface area contributed by atoms with Crippen molar-refractivity contribution >= 4 is 22.5 Å². The Balaban J connectivity index is 1.61. The van der Waals surface area contributed by atoms with Crippen LogP contribution < -0.4 is 11.0 Å². The van der Waals surface area contributed by atoms with Gasteiger partial charge in [-0.3, -0.25) is 14.2 Å². The molecule has 1 amide bonds. The zero-order chi connectivity index (χ0) is 18.3. The average molecular weight is 352 g/mol. The predicted molar refractivity (Wildman–Crippen MR) is 101 cm³/mol. The zero-order valence-electron chi connectivity index (χ0n) is 15.3. The number of fused-ring (bicyclic) bond motifs is 2. The van der Waals surface area contributed by atoms with Crippen LogP contribution in [0.4, 0.5) is 0 Å². The molecule has 2 atom stereocenters. The molecule has 4 rings (SSSR count). The zero-order valence-corrected chi connectivity index (χ0v) is 15.3. The minimum absolute atomic E-state index is 0.0143. The first kappa shape index (κ1) is 16.9. The minimum atomic E-state index is -0.258. The lowest BCUT2D eigenvalue weighted by Crippen LogP contribution is -2.29. The molecule has 1 aromatic heterocycles. The average Bonchev–Trinajstić information content (AvgIpc) is 3.09. The molecule has 6 heteroatoms. The van der Waals surface area contributed by atoms with Crippen molar-refractivity contribution in [3.05, 3.63) is 39.9 Å². The SMILES string of the molecule is C[C@@H]1CCC[C@H](C)C1=NNC(=O)c1ccc2c(=O)n3c(nc2c1)CCC3. The summed E-state index contributed by atoms with van der Waals surface area (Å²) in [6.07, 6.45) is 5.21. The van der Waals surface area contributed by atoms with Gasteiger partial charge in [0.05, 0.1) is 10.9 Å². The van der Waals surface area contributed by atoms with Crippen LogP contribution >= 0.6 is 0 Å². The number of hydrogen-bond donors (Lipinski definition) is 1. The van der Waals surface area contributed by atoms with Crippen molar-refractivity contribution in [1.82, 2.24) is 15.0 Å². The molecule has 1 aliphatic heterocycles. The van der Waals surface area contributed by atoms with Gasteiger partial charge in [-0.2, -0.15) is 5.10 Å². The molecule has 0 bridgehead atoms. The van der Waals surface area contributed by atoms with Gasteiger partial charge in [-0.05, 0) is 49.3 Å². The second-order valence-corrected chi connectivity index (χ2v) is 7.53. The first-order chi connectivity index (χ1) is 12.5. The van der Waals surface area contributed by atoms with Gasteiger partial charge in [0.15, 0.2) is 0 Å². The standard InChI is InChI=1S/C20H24N4O2/c1-12-5-3-6-13(2)18(12)22-23-19(25)14-8-9-15-16(11-14)21-17-7-4-10-24(17)20(15)26/h8-9,11-13H,3-7,10H2,1-2H3,(H,23,25)/t12-,13+. The summed E-state index contributed by atoms with van der Waals surface area (Å²) < 4.78 is 1.74. The molecule has 1 aliphatic carbocycles. The fourth-order valence-electron chi connectivity index (χ4n) is 4.14. The van der Waals surface area contributed by atoms with Gasteiger partial charge in [-0.15, -0.1) is 0 Å². The molecular formula is C20H24N4O2. The Hall–Kier alpha value is -2.50. The lowest BCUT2D eigenvalue weighted by molar-refractivity contribution is 0.0954. The first-order valence-corrected chi connectivity index (χ1v) is 9.46. The highest BCUT2D eigenvalue weighted by Crippen LogP contribution is 2.26. The van der Waals surface area contributed by atoms with Crippen molar-refractivity contribution in [3.8, 4) is 0 Å². The highest BCUT2D eigenvalue weighted by Gasteiger charge is 2.23. The summed E-state index contributed by atoms with van der Waals surface area (Å²) in [5, 5.41) is 4.97. The lowest BCUT2D eigenvalue weighted by atomic mass is 9.81. The monoisotopic (exact) mass is 352 g/mol. The maximum atomic E-state index is 12.5. The Bertz CT molecular complexity index is 948. The normalized spacial score (nSPS) is 24.0. The van der Waals surface area contributed by atoms with Crippen LogP contribution in [0.15, 0.2) is 28.1 Å². The van der Waals surface area contributed by atoms with Crippen molar-refractivity contribution in [3.63, 3.8) is 0 Å². The summed E-state index contributed by atoms with van der Waals surface area (Å²) in [7, 11) is 0. The number of aryl methyl sites for hydroxylation is 1. The van der Waals surface area contributed by atoms with Crippen LogP contribution in [0.2, 0.25) is 0 Å². The molecule has 0 unspecified atom stereocenters. The van der Waals surface area contributed by atoms with Gasteiger partial charge in [-0.1, -0.05) is 20.3 Å². The second-order valence-electron chi connectivity index (χ2n) is 7.53. The van der Waals surface area contributed by atoms with Crippen LogP contribution in [0.1, 0.15) is 55.7 Å². The van der Waals surface area contributed by atoms with E-state index in [0.29, 0.717) is 28.3 Å². The molecule has 2 heterocycles. The van der Waals surface area contributed by atoms with Crippen LogP contribution in [0.3, 0.4) is 0 Å². The van der Waals surface area contributed by atoms with Crippen molar-refractivity contribution < 1.29 is 4.79 Å². The summed E-state index contributed by atoms with van der Waals surface area (Å²) >= 11 is 0. The van der Waals surface area contributed by atoms with E-state index in [9.17, 15) is 9.59 Å². The number of nitrogens with one attached hydrogen (secondary N) is 1. The van der Waals surface area contributed by atoms with E-state index in [4.69, 9.17) is 0 Å². The van der Waals surface area contributed by atoms with E-state index in [2.05, 4.69) is 29.4 Å². The van der Waals surface area contributed by atoms with Crippen LogP contribution in [-0.2, 0) is 13.0 Å². The molecule has 0 radical (unpaired) electrons. The molecule has 1 N–H and O–H groups in total. The second kappa shape index (κ2) is 6.67. The minimum Gasteiger partial charge on any atom is -0.296 e. The molecule has 1 saturated carbocycles. The van der Waals surface area contributed by atoms with E-state index in [1.807, 2.05) is 0 Å². The van der Waals surface area contributed by atoms with Crippen LogP contribution in [-0.4, -0.2) is 21.2 Å². The number of carbonyl (C=O) groups excluding carboxylic acids is 1. The third-order valence-corrected chi connectivity index (χ3v) is 5.65. The van der Waals surface area contributed by atoms with E-state index < -0.39 is 0 Å². The van der Waals surface area contributed by atoms with Gasteiger partial charge in [0.25, 0.3) is 11.5 Å². The Morgan fingerprint density at radius 1 is 1.23 bits per heavy atom. The summed E-state index contributed by atoms with van der Waals surface area (Å²) in [6, 6.07) is 5.07. The highest BCUT2D eigenvalue weighted by atomic mass is 16.2. The number of benzene rings is 1. The summed E-state index contributed by atoms with van der Waals surface area (Å²) in [4.78, 5) is 29.6. The Labute approximate surface area is 152 Å². The number of aromatic nitrogens is 2. The lowest BCUT2D eigenvalue weighted by Gasteiger charge is -2.26. The number of nitrogens with zero attached hydrogens (tertiary/aromatic N) is 3. The van der Waals surface area contributed by atoms with E-state index in [1.54, 1.807) is 22.8 Å². The highest BCUT2D eigenvalue weighted by molar-refractivity contribution is 5.99. The van der Waals surface area contributed by atoms with Crippen LogP contribution in [0, 0.1) is 11.8 Å². The third-order valence-electron chi connectivity index (χ3n) is 5.65. The van der Waals surface area contributed by atoms with Gasteiger partial charge in [0.1, 0.15) is 5.82 Å². The molecule has 1 fully saturated rings. The van der Waals surface area contributed by atoms with Crippen LogP contribution in [0.5, 0.6) is 0 Å². The Kier molecular flexibility index (Phi) is 4.34. The quantitative estimate of drug-likeness (QED) is 0.844. The molecule has 2 aliphatic rings. The van der Waals surface area contributed by atoms with E-state index in [-0.39, 0.29) is 11.5 Å². The van der Waals surface area contributed by atoms with E-state index >= 15 is 0 Å². The molecule has 136 valence electrons. The fourth-order valence-corrected chi connectivity index (χ4v) is 4.14. The molecule has 0 spiro atoms. The van der Waals surface area contributed by atoms with Crippen molar-refractivity contribution in [2.24, 2.45) is 16.9 Å². The summed E-state index contributed by atoms with van der Waals surface area (Å²) in [5.41, 5.74) is 4.82. The number of hydrogen-bond acceptors (Lipinski definition) is 4. The van der Waals surface area contributed by atoms with Crippen LogP contribution in [0.25, 0.3) is 10.9 Å². The third kappa shape index (κ3) is 2.93. The predicted octanol–water partition coefficient (Wildman–Crippen LogP) is 2.88. The van der Waals surface area contributed by atoms with Gasteiger partial charge < -0.3 is 0 Å². The molecule has 6 nitrogen and oxygen atoms in total. The number of carbonyl (C=O) groups is 1. The number of hydrazone groups is 1. The van der Waals surface area contributed by atoms with Gasteiger partial charge >= 0.3 is 0 Å². The topological polar surface area (TPSA) is 76.3 Å². The number of amides is 1. The van der Waals surface area contributed by atoms with Gasteiger partial charge in [-0.25, -0.2) is 10.4 Å². The van der Waals surface area contributed by atoms with Gasteiger partial charge in [0.2, 0.25) is 0 Å². The van der Waals surface area contributed by atoms with E-state index in [0.717, 1.165) is 43.8 Å². The Morgan fingerprint density at radius 2 is 2.00 bits per heavy atom. The van der Waals surface area contributed by atoms with Gasteiger partial charge in [0, 0.05) is 24.2 Å². The maximum absolute atomic E-state index is 12.5. The van der Waals surface area contributed by atoms with Crippen molar-refractivity contribution in [2.75, 3.05) is 0 Å². The Morgan fingerprint density at radius 3 is 2.77 bits per heavy atom. The number of rotatable bonds is 2. The molecule has 1 aromatic carbocycles. The van der Waals surface area contributed by atoms with Crippen molar-refractivity contribution in [2.45, 2.75) is 52.5 Å². The largest absolute Gasteiger partial charge is 0.296 e. The maximum Gasteiger partial charge on any atom is 0.271 e. The molecular weight excluding hydrogens is 328 g/mol. The van der Waals surface area contributed by atoms with Crippen molar-refractivity contribution in [1.29, 1.82) is 0 Å². The first-order valence-electron chi connectivity index (χ1n) is 9.46. The smallest absolute Gasteiger partial charge is 0.271 e. The fraction of sp³-hybridized carbons (Fsp3) is 0.500. The molecule has 26 heavy (non-hydrogen) atoms.